The van der Waals surface area contributed by atoms with Crippen LogP contribution in [-0.2, 0) is 20.8 Å². The van der Waals surface area contributed by atoms with Gasteiger partial charge in [0.1, 0.15) is 11.9 Å². The smallest absolute Gasteiger partial charge is 0.245 e. The lowest BCUT2D eigenvalue weighted by Gasteiger charge is -2.37. The van der Waals surface area contributed by atoms with Crippen LogP contribution >= 0.6 is 0 Å². The first-order chi connectivity index (χ1) is 16.2. The maximum Gasteiger partial charge on any atom is 0.245 e. The molecule has 1 atom stereocenters. The Morgan fingerprint density at radius 3 is 2.44 bits per heavy atom. The van der Waals surface area contributed by atoms with Gasteiger partial charge in [0.2, 0.25) is 17.7 Å². The molecular formula is C26H38FN3O4. The molecule has 1 aromatic carbocycles. The monoisotopic (exact) mass is 475 g/mol. The van der Waals surface area contributed by atoms with Crippen LogP contribution in [0.25, 0.3) is 0 Å². The SMILES string of the molecule is CCC(=O)NC(Cc1ccc(NC(=O)CC2CCCCC2)c(F)c1)C(=O)N1CCC(C)(O)CC1. The number of carbonyl (C=O) groups is 3. The number of halogens is 1. The summed E-state index contributed by atoms with van der Waals surface area (Å²) in [6.07, 6.45) is 7.32. The zero-order valence-corrected chi connectivity index (χ0v) is 20.4. The van der Waals surface area contributed by atoms with E-state index in [1.165, 1.54) is 18.6 Å². The molecule has 2 fully saturated rings. The van der Waals surface area contributed by atoms with Crippen molar-refractivity contribution in [1.82, 2.24) is 10.2 Å². The summed E-state index contributed by atoms with van der Waals surface area (Å²) in [6, 6.07) is 3.69. The fourth-order valence-corrected chi connectivity index (χ4v) is 4.80. The molecule has 34 heavy (non-hydrogen) atoms. The number of nitrogens with one attached hydrogen (secondary N) is 2. The second kappa shape index (κ2) is 11.8. The molecule has 1 aliphatic carbocycles. The van der Waals surface area contributed by atoms with Crippen LogP contribution in [0.4, 0.5) is 10.1 Å². The van der Waals surface area contributed by atoms with Gasteiger partial charge in [-0.15, -0.1) is 0 Å². The van der Waals surface area contributed by atoms with Gasteiger partial charge in [-0.3, -0.25) is 14.4 Å². The summed E-state index contributed by atoms with van der Waals surface area (Å²) < 4.78 is 14.8. The van der Waals surface area contributed by atoms with Gasteiger partial charge in [-0.1, -0.05) is 32.3 Å². The lowest BCUT2D eigenvalue weighted by atomic mass is 9.87. The summed E-state index contributed by atoms with van der Waals surface area (Å²) >= 11 is 0. The zero-order valence-electron chi connectivity index (χ0n) is 20.4. The maximum absolute atomic E-state index is 14.8. The third-order valence-electron chi connectivity index (χ3n) is 7.05. The van der Waals surface area contributed by atoms with Gasteiger partial charge in [0.05, 0.1) is 11.3 Å². The van der Waals surface area contributed by atoms with Crippen LogP contribution in [-0.4, -0.2) is 52.5 Å². The number of amides is 3. The average Bonchev–Trinajstić information content (AvgIpc) is 2.80. The van der Waals surface area contributed by atoms with Crippen LogP contribution in [0.3, 0.4) is 0 Å². The standard InChI is InChI=1S/C26H38FN3O4/c1-3-23(31)29-22(25(33)30-13-11-26(2,34)12-14-30)16-19-9-10-21(20(27)15-19)28-24(32)17-18-7-5-4-6-8-18/h9-10,15,18,22,34H,3-8,11-14,16-17H2,1-2H3,(H,28,32)(H,29,31). The van der Waals surface area contributed by atoms with E-state index in [1.807, 2.05) is 0 Å². The molecule has 1 saturated carbocycles. The van der Waals surface area contributed by atoms with Gasteiger partial charge < -0.3 is 20.6 Å². The number of hydrogen-bond acceptors (Lipinski definition) is 4. The van der Waals surface area contributed by atoms with E-state index in [0.717, 1.165) is 25.7 Å². The van der Waals surface area contributed by atoms with Crippen molar-refractivity contribution in [2.45, 2.75) is 89.7 Å². The molecule has 8 heteroatoms. The van der Waals surface area contributed by atoms with Gasteiger partial charge in [0.25, 0.3) is 0 Å². The summed E-state index contributed by atoms with van der Waals surface area (Å²) in [5.41, 5.74) is -0.107. The van der Waals surface area contributed by atoms with E-state index in [1.54, 1.807) is 24.8 Å². The first-order valence-electron chi connectivity index (χ1n) is 12.6. The molecule has 3 N–H and O–H groups in total. The first kappa shape index (κ1) is 26.1. The minimum Gasteiger partial charge on any atom is -0.390 e. The fraction of sp³-hybridized carbons (Fsp3) is 0.654. The molecular weight excluding hydrogens is 437 g/mol. The molecule has 1 heterocycles. The summed E-state index contributed by atoms with van der Waals surface area (Å²) in [5.74, 6) is -0.861. The number of nitrogens with zero attached hydrogens (tertiary/aromatic N) is 1. The van der Waals surface area contributed by atoms with Gasteiger partial charge in [-0.25, -0.2) is 4.39 Å². The van der Waals surface area contributed by atoms with E-state index in [2.05, 4.69) is 10.6 Å². The summed E-state index contributed by atoms with van der Waals surface area (Å²) in [6.45, 7) is 4.28. The van der Waals surface area contributed by atoms with Gasteiger partial charge in [-0.05, 0) is 56.2 Å². The Bertz CT molecular complexity index is 873. The third-order valence-corrected chi connectivity index (χ3v) is 7.05. The van der Waals surface area contributed by atoms with Gasteiger partial charge in [0, 0.05) is 32.4 Å². The van der Waals surface area contributed by atoms with E-state index in [0.29, 0.717) is 43.8 Å². The lowest BCUT2D eigenvalue weighted by molar-refractivity contribution is -0.139. The number of rotatable bonds is 8. The number of likely N-dealkylation sites (tertiary alicyclic amines) is 1. The van der Waals surface area contributed by atoms with Crippen LogP contribution < -0.4 is 10.6 Å². The minimum atomic E-state index is -0.818. The van der Waals surface area contributed by atoms with Crippen LogP contribution in [0.5, 0.6) is 0 Å². The second-order valence-corrected chi connectivity index (χ2v) is 10.1. The largest absolute Gasteiger partial charge is 0.390 e. The highest BCUT2D eigenvalue weighted by molar-refractivity contribution is 5.91. The topological polar surface area (TPSA) is 98.7 Å². The number of piperidine rings is 1. The molecule has 1 aliphatic heterocycles. The molecule has 188 valence electrons. The lowest BCUT2D eigenvalue weighted by Crippen LogP contribution is -2.53. The first-order valence-corrected chi connectivity index (χ1v) is 12.6. The van der Waals surface area contributed by atoms with Crippen molar-refractivity contribution in [2.75, 3.05) is 18.4 Å². The van der Waals surface area contributed by atoms with Crippen molar-refractivity contribution in [1.29, 1.82) is 0 Å². The highest BCUT2D eigenvalue weighted by atomic mass is 19.1. The molecule has 1 aromatic rings. The Kier molecular flexibility index (Phi) is 9.05. The normalized spacial score (nSPS) is 19.4. The van der Waals surface area contributed by atoms with Crippen LogP contribution in [0, 0.1) is 11.7 Å². The number of anilines is 1. The summed E-state index contributed by atoms with van der Waals surface area (Å²) in [5, 5.41) is 15.6. The molecule has 0 spiro atoms. The highest BCUT2D eigenvalue weighted by Crippen LogP contribution is 2.27. The van der Waals surface area contributed by atoms with E-state index in [9.17, 15) is 23.9 Å². The molecule has 0 bridgehead atoms. The third kappa shape index (κ3) is 7.52. The number of benzene rings is 1. The molecule has 1 unspecified atom stereocenters. The Labute approximate surface area is 201 Å². The number of carbonyl (C=O) groups excluding carboxylic acids is 3. The summed E-state index contributed by atoms with van der Waals surface area (Å²) in [7, 11) is 0. The molecule has 3 rings (SSSR count). The fourth-order valence-electron chi connectivity index (χ4n) is 4.80. The molecule has 0 aromatic heterocycles. The Morgan fingerprint density at radius 1 is 1.15 bits per heavy atom. The maximum atomic E-state index is 14.8. The van der Waals surface area contributed by atoms with Crippen molar-refractivity contribution in [3.63, 3.8) is 0 Å². The second-order valence-electron chi connectivity index (χ2n) is 10.1. The van der Waals surface area contributed by atoms with E-state index < -0.39 is 17.5 Å². The van der Waals surface area contributed by atoms with Gasteiger partial charge >= 0.3 is 0 Å². The van der Waals surface area contributed by atoms with Crippen molar-refractivity contribution in [3.8, 4) is 0 Å². The van der Waals surface area contributed by atoms with Gasteiger partial charge in [-0.2, -0.15) is 0 Å². The zero-order chi connectivity index (χ0) is 24.7. The van der Waals surface area contributed by atoms with E-state index in [4.69, 9.17) is 0 Å². The number of hydrogen-bond donors (Lipinski definition) is 3. The summed E-state index contributed by atoms with van der Waals surface area (Å²) in [4.78, 5) is 39.2. The molecule has 1 saturated heterocycles. The molecule has 2 aliphatic rings. The van der Waals surface area contributed by atoms with Gasteiger partial charge in [0.15, 0.2) is 0 Å². The highest BCUT2D eigenvalue weighted by Gasteiger charge is 2.33. The molecule has 7 nitrogen and oxygen atoms in total. The Balaban J connectivity index is 1.63. The Hall–Kier alpha value is -2.48. The van der Waals surface area contributed by atoms with Crippen LogP contribution in [0.1, 0.15) is 77.2 Å². The van der Waals surface area contributed by atoms with E-state index in [-0.39, 0.29) is 36.3 Å². The predicted octanol–water partition coefficient (Wildman–Crippen LogP) is 3.55. The quantitative estimate of drug-likeness (QED) is 0.536. The average molecular weight is 476 g/mol. The van der Waals surface area contributed by atoms with E-state index >= 15 is 0 Å². The van der Waals surface area contributed by atoms with Crippen molar-refractivity contribution in [3.05, 3.63) is 29.6 Å². The number of aliphatic hydroxyl groups is 1. The Morgan fingerprint density at radius 2 is 1.82 bits per heavy atom. The van der Waals surface area contributed by atoms with Crippen LogP contribution in [0.15, 0.2) is 18.2 Å². The van der Waals surface area contributed by atoms with Crippen molar-refractivity contribution in [2.24, 2.45) is 5.92 Å². The predicted molar refractivity (Wildman–Crippen MR) is 129 cm³/mol. The molecule has 0 radical (unpaired) electrons. The van der Waals surface area contributed by atoms with Crippen molar-refractivity contribution >= 4 is 23.4 Å². The minimum absolute atomic E-state index is 0.128. The molecule has 3 amide bonds. The van der Waals surface area contributed by atoms with Crippen LogP contribution in [0.2, 0.25) is 0 Å². The van der Waals surface area contributed by atoms with Crippen molar-refractivity contribution < 1.29 is 23.9 Å².